The van der Waals surface area contributed by atoms with Gasteiger partial charge < -0.3 is 10.1 Å². The fraction of sp³-hybridized carbons (Fsp3) is 0.278. The molecular weight excluding hydrogens is 281 g/mol. The molecule has 22 heavy (non-hydrogen) atoms. The summed E-state index contributed by atoms with van der Waals surface area (Å²) < 4.78 is 18.0. The van der Waals surface area contributed by atoms with Gasteiger partial charge in [-0.25, -0.2) is 4.39 Å². The molecule has 4 heteroatoms. The third-order valence-corrected chi connectivity index (χ3v) is 3.27. The zero-order valence-corrected chi connectivity index (χ0v) is 12.6. The second-order valence-electron chi connectivity index (χ2n) is 5.18. The lowest BCUT2D eigenvalue weighted by atomic mass is 10.1. The fourth-order valence-corrected chi connectivity index (χ4v) is 2.01. The summed E-state index contributed by atoms with van der Waals surface area (Å²) in [7, 11) is 0. The van der Waals surface area contributed by atoms with Gasteiger partial charge in [-0.1, -0.05) is 29.8 Å². The van der Waals surface area contributed by atoms with E-state index in [4.69, 9.17) is 4.74 Å². The number of rotatable bonds is 7. The van der Waals surface area contributed by atoms with E-state index in [1.54, 1.807) is 0 Å². The molecule has 0 radical (unpaired) electrons. The van der Waals surface area contributed by atoms with Gasteiger partial charge in [-0.3, -0.25) is 4.79 Å². The molecule has 2 aromatic rings. The number of ether oxygens (including phenoxy) is 1. The Bertz CT molecular complexity index is 593. The van der Waals surface area contributed by atoms with Gasteiger partial charge >= 0.3 is 0 Å². The normalized spacial score (nSPS) is 10.3. The summed E-state index contributed by atoms with van der Waals surface area (Å²) in [4.78, 5) is 11.6. The molecular formula is C18H20FNO2. The van der Waals surface area contributed by atoms with Gasteiger partial charge in [0.2, 0.25) is 0 Å². The molecule has 0 atom stereocenters. The molecule has 2 aromatic carbocycles. The minimum Gasteiger partial charge on any atom is -0.484 e. The Morgan fingerprint density at radius 1 is 1.09 bits per heavy atom. The third kappa shape index (κ3) is 5.56. The molecule has 0 saturated carbocycles. The summed E-state index contributed by atoms with van der Waals surface area (Å²) in [6.07, 6.45) is 1.81. The van der Waals surface area contributed by atoms with E-state index in [1.165, 1.54) is 35.4 Å². The van der Waals surface area contributed by atoms with Crippen molar-refractivity contribution in [2.45, 2.75) is 19.8 Å². The molecule has 116 valence electrons. The summed E-state index contributed by atoms with van der Waals surface area (Å²) in [5.74, 6) is -0.0163. The van der Waals surface area contributed by atoms with Gasteiger partial charge in [0.05, 0.1) is 0 Å². The largest absolute Gasteiger partial charge is 0.484 e. The van der Waals surface area contributed by atoms with Crippen molar-refractivity contribution < 1.29 is 13.9 Å². The van der Waals surface area contributed by atoms with Crippen LogP contribution in [0.2, 0.25) is 0 Å². The number of nitrogens with one attached hydrogen (secondary N) is 1. The lowest BCUT2D eigenvalue weighted by Crippen LogP contribution is -2.29. The second kappa shape index (κ2) is 8.17. The number of aryl methyl sites for hydroxylation is 2. The smallest absolute Gasteiger partial charge is 0.257 e. The Morgan fingerprint density at radius 2 is 1.77 bits per heavy atom. The Balaban J connectivity index is 1.61. The van der Waals surface area contributed by atoms with E-state index in [1.807, 2.05) is 0 Å². The van der Waals surface area contributed by atoms with Crippen molar-refractivity contribution in [2.24, 2.45) is 0 Å². The van der Waals surface area contributed by atoms with Crippen LogP contribution in [0.1, 0.15) is 17.5 Å². The lowest BCUT2D eigenvalue weighted by molar-refractivity contribution is -0.123. The molecule has 0 bridgehead atoms. The van der Waals surface area contributed by atoms with E-state index < -0.39 is 0 Å². The number of hydrogen-bond acceptors (Lipinski definition) is 2. The standard InChI is InChI=1S/C18H20FNO2/c1-14-4-6-15(7-5-14)3-2-12-20-18(21)13-22-17-10-8-16(19)9-11-17/h4-11H,2-3,12-13H2,1H3,(H,20,21). The highest BCUT2D eigenvalue weighted by Crippen LogP contribution is 2.10. The summed E-state index contributed by atoms with van der Waals surface area (Å²) in [5.41, 5.74) is 2.51. The maximum Gasteiger partial charge on any atom is 0.257 e. The van der Waals surface area contributed by atoms with Gasteiger partial charge in [-0.15, -0.1) is 0 Å². The molecule has 0 aromatic heterocycles. The van der Waals surface area contributed by atoms with E-state index in [0.717, 1.165) is 12.8 Å². The molecule has 0 aliphatic rings. The molecule has 0 aliphatic heterocycles. The van der Waals surface area contributed by atoms with Gasteiger partial charge in [0.15, 0.2) is 6.61 Å². The zero-order chi connectivity index (χ0) is 15.8. The molecule has 1 amide bonds. The fourth-order valence-electron chi connectivity index (χ4n) is 2.01. The lowest BCUT2D eigenvalue weighted by Gasteiger charge is -2.07. The van der Waals surface area contributed by atoms with Crippen LogP contribution in [0, 0.1) is 12.7 Å². The molecule has 0 heterocycles. The van der Waals surface area contributed by atoms with E-state index in [0.29, 0.717) is 12.3 Å². The predicted octanol–water partition coefficient (Wildman–Crippen LogP) is 3.26. The van der Waals surface area contributed by atoms with Crippen LogP contribution in [0.25, 0.3) is 0 Å². The van der Waals surface area contributed by atoms with Crippen LogP contribution < -0.4 is 10.1 Å². The molecule has 0 unspecified atom stereocenters. The number of amides is 1. The van der Waals surface area contributed by atoms with E-state index >= 15 is 0 Å². The minimum absolute atomic E-state index is 0.0594. The number of hydrogen-bond donors (Lipinski definition) is 1. The first-order chi connectivity index (χ1) is 10.6. The van der Waals surface area contributed by atoms with Gasteiger partial charge in [0, 0.05) is 6.54 Å². The van der Waals surface area contributed by atoms with Crippen LogP contribution in [-0.4, -0.2) is 19.1 Å². The number of carbonyl (C=O) groups is 1. The molecule has 3 nitrogen and oxygen atoms in total. The predicted molar refractivity (Wildman–Crippen MR) is 84.4 cm³/mol. The van der Waals surface area contributed by atoms with E-state index in [-0.39, 0.29) is 18.3 Å². The maximum atomic E-state index is 12.7. The van der Waals surface area contributed by atoms with Gasteiger partial charge in [-0.2, -0.15) is 0 Å². The molecule has 0 fully saturated rings. The molecule has 1 N–H and O–H groups in total. The Hall–Kier alpha value is -2.36. The molecule has 0 saturated heterocycles. The van der Waals surface area contributed by atoms with Crippen LogP contribution >= 0.6 is 0 Å². The first kappa shape index (κ1) is 16.0. The van der Waals surface area contributed by atoms with Gasteiger partial charge in [-0.05, 0) is 49.6 Å². The topological polar surface area (TPSA) is 38.3 Å². The monoisotopic (exact) mass is 301 g/mol. The first-order valence-corrected chi connectivity index (χ1v) is 7.34. The summed E-state index contributed by atoms with van der Waals surface area (Å²) in [5, 5.41) is 2.81. The van der Waals surface area contributed by atoms with E-state index in [9.17, 15) is 9.18 Å². The van der Waals surface area contributed by atoms with Crippen LogP contribution in [0.15, 0.2) is 48.5 Å². The average Bonchev–Trinajstić information content (AvgIpc) is 2.53. The molecule has 0 aliphatic carbocycles. The first-order valence-electron chi connectivity index (χ1n) is 7.34. The number of halogens is 1. The highest BCUT2D eigenvalue weighted by Gasteiger charge is 2.02. The molecule has 0 spiro atoms. The Kier molecular flexibility index (Phi) is 5.95. The summed E-state index contributed by atoms with van der Waals surface area (Å²) >= 11 is 0. The van der Waals surface area contributed by atoms with Crippen LogP contribution in [0.5, 0.6) is 5.75 Å². The summed E-state index contributed by atoms with van der Waals surface area (Å²) in [6, 6.07) is 14.0. The second-order valence-corrected chi connectivity index (χ2v) is 5.18. The third-order valence-electron chi connectivity index (χ3n) is 3.27. The zero-order valence-electron chi connectivity index (χ0n) is 12.6. The van der Waals surface area contributed by atoms with Crippen molar-refractivity contribution in [3.05, 3.63) is 65.5 Å². The summed E-state index contributed by atoms with van der Waals surface area (Å²) in [6.45, 7) is 2.61. The van der Waals surface area contributed by atoms with Crippen LogP contribution in [-0.2, 0) is 11.2 Å². The van der Waals surface area contributed by atoms with Crippen LogP contribution in [0.3, 0.4) is 0 Å². The van der Waals surface area contributed by atoms with Gasteiger partial charge in [0.25, 0.3) is 5.91 Å². The highest BCUT2D eigenvalue weighted by atomic mass is 19.1. The highest BCUT2D eigenvalue weighted by molar-refractivity contribution is 5.77. The minimum atomic E-state index is -0.326. The SMILES string of the molecule is Cc1ccc(CCCNC(=O)COc2ccc(F)cc2)cc1. The number of carbonyl (C=O) groups excluding carboxylic acids is 1. The van der Waals surface area contributed by atoms with Crippen molar-refractivity contribution in [1.82, 2.24) is 5.32 Å². The van der Waals surface area contributed by atoms with E-state index in [2.05, 4.69) is 36.5 Å². The molecule has 2 rings (SSSR count). The number of benzene rings is 2. The van der Waals surface area contributed by atoms with Crippen molar-refractivity contribution >= 4 is 5.91 Å². The van der Waals surface area contributed by atoms with Crippen molar-refractivity contribution in [3.63, 3.8) is 0 Å². The van der Waals surface area contributed by atoms with Crippen molar-refractivity contribution in [3.8, 4) is 5.75 Å². The average molecular weight is 301 g/mol. The van der Waals surface area contributed by atoms with Gasteiger partial charge in [0.1, 0.15) is 11.6 Å². The van der Waals surface area contributed by atoms with Crippen molar-refractivity contribution in [1.29, 1.82) is 0 Å². The Morgan fingerprint density at radius 3 is 2.45 bits per heavy atom. The quantitative estimate of drug-likeness (QED) is 0.797. The maximum absolute atomic E-state index is 12.7. The van der Waals surface area contributed by atoms with Crippen molar-refractivity contribution in [2.75, 3.05) is 13.2 Å². The van der Waals surface area contributed by atoms with Crippen LogP contribution in [0.4, 0.5) is 4.39 Å². The Labute approximate surface area is 130 Å².